The summed E-state index contributed by atoms with van der Waals surface area (Å²) >= 11 is 15.4. The van der Waals surface area contributed by atoms with Crippen LogP contribution in [0.4, 0.5) is 5.69 Å². The Morgan fingerprint density at radius 3 is 2.40 bits per heavy atom. The van der Waals surface area contributed by atoms with E-state index in [0.717, 1.165) is 34.5 Å². The second-order valence-corrected chi connectivity index (χ2v) is 7.43. The first kappa shape index (κ1) is 16.4. The molecule has 0 spiro atoms. The molecule has 0 aliphatic rings. The molecule has 106 valence electrons. The van der Waals surface area contributed by atoms with Crippen LogP contribution in [-0.4, -0.2) is 7.11 Å². The molecule has 2 aromatic rings. The standard InChI is InChI=1S/C14H11Br2ClINO/c1-20-14-10(15)4-8(5-11(14)16)7-19-13-3-2-9(18)6-12(13)17/h2-6,19H,7H2,1H3. The van der Waals surface area contributed by atoms with Crippen LogP contribution in [0, 0.1) is 3.57 Å². The molecule has 0 aliphatic heterocycles. The van der Waals surface area contributed by atoms with Gasteiger partial charge in [0, 0.05) is 10.1 Å². The zero-order valence-electron chi connectivity index (χ0n) is 10.5. The van der Waals surface area contributed by atoms with Gasteiger partial charge in [0.15, 0.2) is 0 Å². The molecule has 1 N–H and O–H groups in total. The van der Waals surface area contributed by atoms with E-state index in [1.54, 1.807) is 7.11 Å². The molecule has 0 heterocycles. The SMILES string of the molecule is COc1c(Br)cc(CNc2ccc(I)cc2Cl)cc1Br. The molecule has 6 heteroatoms. The third-order valence-corrected chi connectivity index (χ3v) is 4.84. The van der Waals surface area contributed by atoms with Gasteiger partial charge in [-0.05, 0) is 90.3 Å². The van der Waals surface area contributed by atoms with Crippen LogP contribution in [0.25, 0.3) is 0 Å². The molecule has 0 aromatic heterocycles. The molecule has 0 saturated heterocycles. The van der Waals surface area contributed by atoms with E-state index in [1.807, 2.05) is 30.3 Å². The summed E-state index contributed by atoms with van der Waals surface area (Å²) in [6, 6.07) is 9.99. The van der Waals surface area contributed by atoms with E-state index < -0.39 is 0 Å². The summed E-state index contributed by atoms with van der Waals surface area (Å²) in [5.41, 5.74) is 2.05. The minimum atomic E-state index is 0.682. The zero-order valence-corrected chi connectivity index (χ0v) is 16.6. The molecule has 2 aromatic carbocycles. The summed E-state index contributed by atoms with van der Waals surface area (Å²) in [5.74, 6) is 0.793. The second-order valence-electron chi connectivity index (χ2n) is 4.07. The number of benzene rings is 2. The Labute approximate surface area is 153 Å². The lowest BCUT2D eigenvalue weighted by atomic mass is 10.2. The average molecular weight is 531 g/mol. The molecule has 0 bridgehead atoms. The van der Waals surface area contributed by atoms with E-state index in [-0.39, 0.29) is 0 Å². The zero-order chi connectivity index (χ0) is 14.7. The number of hydrogen-bond acceptors (Lipinski definition) is 2. The fourth-order valence-electron chi connectivity index (χ4n) is 1.74. The monoisotopic (exact) mass is 529 g/mol. The lowest BCUT2D eigenvalue weighted by Crippen LogP contribution is -2.01. The first-order valence-electron chi connectivity index (χ1n) is 5.72. The van der Waals surface area contributed by atoms with E-state index >= 15 is 0 Å². The van der Waals surface area contributed by atoms with Crippen molar-refractivity contribution in [1.82, 2.24) is 0 Å². The molecule has 0 saturated carbocycles. The lowest BCUT2D eigenvalue weighted by Gasteiger charge is -2.12. The molecule has 20 heavy (non-hydrogen) atoms. The van der Waals surface area contributed by atoms with Gasteiger partial charge in [0.05, 0.1) is 26.8 Å². The van der Waals surface area contributed by atoms with Gasteiger partial charge in [-0.25, -0.2) is 0 Å². The third-order valence-electron chi connectivity index (χ3n) is 2.68. The third kappa shape index (κ3) is 4.02. The van der Waals surface area contributed by atoms with Crippen molar-refractivity contribution in [3.05, 3.63) is 53.4 Å². The molecular weight excluding hydrogens is 520 g/mol. The second kappa shape index (κ2) is 7.33. The van der Waals surface area contributed by atoms with Gasteiger partial charge < -0.3 is 10.1 Å². The Kier molecular flexibility index (Phi) is 6.01. The van der Waals surface area contributed by atoms with Gasteiger partial charge >= 0.3 is 0 Å². The number of nitrogens with one attached hydrogen (secondary N) is 1. The number of hydrogen-bond donors (Lipinski definition) is 1. The van der Waals surface area contributed by atoms with Gasteiger partial charge in [-0.15, -0.1) is 0 Å². The van der Waals surface area contributed by atoms with Crippen LogP contribution in [0.15, 0.2) is 39.3 Å². The highest BCUT2D eigenvalue weighted by molar-refractivity contribution is 14.1. The predicted molar refractivity (Wildman–Crippen MR) is 99.9 cm³/mol. The van der Waals surface area contributed by atoms with Crippen LogP contribution in [-0.2, 0) is 6.54 Å². The highest BCUT2D eigenvalue weighted by Crippen LogP contribution is 2.34. The van der Waals surface area contributed by atoms with Crippen molar-refractivity contribution in [3.63, 3.8) is 0 Å². The smallest absolute Gasteiger partial charge is 0.147 e. The van der Waals surface area contributed by atoms with E-state index in [9.17, 15) is 0 Å². The van der Waals surface area contributed by atoms with Crippen LogP contribution in [0.3, 0.4) is 0 Å². The van der Waals surface area contributed by atoms with Crippen molar-refractivity contribution in [2.45, 2.75) is 6.54 Å². The van der Waals surface area contributed by atoms with Crippen molar-refractivity contribution in [3.8, 4) is 5.75 Å². The van der Waals surface area contributed by atoms with E-state index in [1.165, 1.54) is 0 Å². The normalized spacial score (nSPS) is 10.4. The Balaban J connectivity index is 2.15. The van der Waals surface area contributed by atoms with Crippen molar-refractivity contribution in [1.29, 1.82) is 0 Å². The maximum absolute atomic E-state index is 6.20. The summed E-state index contributed by atoms with van der Waals surface area (Å²) < 4.78 is 8.24. The molecule has 0 unspecified atom stereocenters. The van der Waals surface area contributed by atoms with Gasteiger partial charge in [-0.1, -0.05) is 11.6 Å². The van der Waals surface area contributed by atoms with Gasteiger partial charge in [0.2, 0.25) is 0 Å². The maximum Gasteiger partial charge on any atom is 0.147 e. The number of halogens is 4. The quantitative estimate of drug-likeness (QED) is 0.483. The van der Waals surface area contributed by atoms with Gasteiger partial charge in [-0.2, -0.15) is 0 Å². The highest BCUT2D eigenvalue weighted by atomic mass is 127. The summed E-state index contributed by atoms with van der Waals surface area (Å²) in [5, 5.41) is 4.06. The van der Waals surface area contributed by atoms with E-state index in [2.05, 4.69) is 59.8 Å². The van der Waals surface area contributed by atoms with E-state index in [0.29, 0.717) is 6.54 Å². The van der Waals surface area contributed by atoms with Crippen molar-refractivity contribution in [2.24, 2.45) is 0 Å². The first-order chi connectivity index (χ1) is 9.51. The summed E-state index contributed by atoms with van der Waals surface area (Å²) in [6.45, 7) is 0.682. The largest absolute Gasteiger partial charge is 0.494 e. The number of rotatable bonds is 4. The lowest BCUT2D eigenvalue weighted by molar-refractivity contribution is 0.409. The van der Waals surface area contributed by atoms with Crippen molar-refractivity contribution < 1.29 is 4.74 Å². The molecule has 0 atom stereocenters. The maximum atomic E-state index is 6.20. The Morgan fingerprint density at radius 1 is 1.20 bits per heavy atom. The van der Waals surface area contributed by atoms with Crippen LogP contribution in [0.1, 0.15) is 5.56 Å². The first-order valence-corrected chi connectivity index (χ1v) is 8.76. The van der Waals surface area contributed by atoms with Crippen LogP contribution < -0.4 is 10.1 Å². The molecule has 2 rings (SSSR count). The average Bonchev–Trinajstić information content (AvgIpc) is 2.37. The van der Waals surface area contributed by atoms with Crippen LogP contribution in [0.2, 0.25) is 5.02 Å². The minimum absolute atomic E-state index is 0.682. The molecule has 2 nitrogen and oxygen atoms in total. The minimum Gasteiger partial charge on any atom is -0.494 e. The highest BCUT2D eigenvalue weighted by Gasteiger charge is 2.08. The molecule has 0 aliphatic carbocycles. The Hall–Kier alpha value is 0.0200. The molecule has 0 fully saturated rings. The van der Waals surface area contributed by atoms with Gasteiger partial charge in [0.1, 0.15) is 5.75 Å². The topological polar surface area (TPSA) is 21.3 Å². The Morgan fingerprint density at radius 2 is 1.85 bits per heavy atom. The fourth-order valence-corrected chi connectivity index (χ4v) is 4.27. The van der Waals surface area contributed by atoms with E-state index in [4.69, 9.17) is 16.3 Å². The van der Waals surface area contributed by atoms with Crippen LogP contribution in [0.5, 0.6) is 5.75 Å². The molecule has 0 radical (unpaired) electrons. The molecular formula is C14H11Br2ClINO. The fraction of sp³-hybridized carbons (Fsp3) is 0.143. The number of anilines is 1. The summed E-state index contributed by atoms with van der Waals surface area (Å²) in [4.78, 5) is 0. The summed E-state index contributed by atoms with van der Waals surface area (Å²) in [7, 11) is 1.65. The van der Waals surface area contributed by atoms with Gasteiger partial charge in [0.25, 0.3) is 0 Å². The number of ether oxygens (including phenoxy) is 1. The Bertz CT molecular complexity index is 614. The number of methoxy groups -OCH3 is 1. The summed E-state index contributed by atoms with van der Waals surface area (Å²) in [6.07, 6.45) is 0. The molecule has 0 amide bonds. The van der Waals surface area contributed by atoms with Gasteiger partial charge in [-0.3, -0.25) is 0 Å². The predicted octanol–water partition coefficient (Wildman–Crippen LogP) is 6.09. The van der Waals surface area contributed by atoms with Crippen LogP contribution >= 0.6 is 66.1 Å². The van der Waals surface area contributed by atoms with Crippen molar-refractivity contribution >= 4 is 71.7 Å². The van der Waals surface area contributed by atoms with Crippen molar-refractivity contribution in [2.75, 3.05) is 12.4 Å².